The molecular formula is C8H15NO2. The molecule has 2 N–H and O–H groups in total. The van der Waals surface area contributed by atoms with E-state index in [9.17, 15) is 4.79 Å². The number of unbranched alkanes of at least 4 members (excludes halogenated alkanes) is 1. The van der Waals surface area contributed by atoms with Crippen LogP contribution in [0.3, 0.4) is 0 Å². The Hall–Kier alpha value is -0.570. The minimum absolute atomic E-state index is 0.262. The molecular weight excluding hydrogens is 142 g/mol. The van der Waals surface area contributed by atoms with Crippen LogP contribution in [-0.4, -0.2) is 23.7 Å². The van der Waals surface area contributed by atoms with Crippen molar-refractivity contribution in [3.8, 4) is 0 Å². The minimum atomic E-state index is -0.697. The monoisotopic (exact) mass is 157 g/mol. The lowest BCUT2D eigenvalue weighted by Crippen LogP contribution is -2.57. The molecule has 11 heavy (non-hydrogen) atoms. The van der Waals surface area contributed by atoms with Gasteiger partial charge in [-0.15, -0.1) is 0 Å². The fraction of sp³-hybridized carbons (Fsp3) is 0.875. The summed E-state index contributed by atoms with van der Waals surface area (Å²) in [6.07, 6.45) is 3.36. The fourth-order valence-corrected chi connectivity index (χ4v) is 1.43. The number of aliphatic carboxylic acids is 1. The first-order chi connectivity index (χ1) is 5.25. The van der Waals surface area contributed by atoms with E-state index in [0.29, 0.717) is 5.92 Å². The van der Waals surface area contributed by atoms with Crippen LogP contribution in [0.1, 0.15) is 26.2 Å². The van der Waals surface area contributed by atoms with Crippen molar-refractivity contribution >= 4 is 5.97 Å². The van der Waals surface area contributed by atoms with E-state index in [-0.39, 0.29) is 6.04 Å². The Bertz CT molecular complexity index is 147. The molecule has 3 heteroatoms. The third kappa shape index (κ3) is 1.93. The molecule has 0 aromatic carbocycles. The highest BCUT2D eigenvalue weighted by molar-refractivity contribution is 5.75. The number of carboxylic acid groups (broad SMARTS) is 1. The SMILES string of the molecule is CCCCC1CNC1C(=O)O. The third-order valence-electron chi connectivity index (χ3n) is 2.27. The fourth-order valence-electron chi connectivity index (χ4n) is 1.43. The molecule has 2 atom stereocenters. The highest BCUT2D eigenvalue weighted by Gasteiger charge is 2.34. The molecule has 2 unspecified atom stereocenters. The van der Waals surface area contributed by atoms with Crippen molar-refractivity contribution in [1.29, 1.82) is 0 Å². The summed E-state index contributed by atoms with van der Waals surface area (Å²) in [6, 6.07) is -0.262. The van der Waals surface area contributed by atoms with Crippen LogP contribution >= 0.6 is 0 Å². The largest absolute Gasteiger partial charge is 0.480 e. The molecule has 0 aromatic rings. The maximum Gasteiger partial charge on any atom is 0.321 e. The van der Waals surface area contributed by atoms with Gasteiger partial charge in [0.1, 0.15) is 6.04 Å². The van der Waals surface area contributed by atoms with Crippen molar-refractivity contribution in [2.75, 3.05) is 6.54 Å². The number of hydrogen-bond acceptors (Lipinski definition) is 2. The first kappa shape index (κ1) is 8.53. The van der Waals surface area contributed by atoms with Gasteiger partial charge in [-0.2, -0.15) is 0 Å². The second-order valence-electron chi connectivity index (χ2n) is 3.13. The Morgan fingerprint density at radius 3 is 2.82 bits per heavy atom. The van der Waals surface area contributed by atoms with Crippen molar-refractivity contribution in [2.24, 2.45) is 5.92 Å². The van der Waals surface area contributed by atoms with Crippen LogP contribution in [0.5, 0.6) is 0 Å². The van der Waals surface area contributed by atoms with Crippen LogP contribution in [0.2, 0.25) is 0 Å². The summed E-state index contributed by atoms with van der Waals surface area (Å²) >= 11 is 0. The number of hydrogen-bond donors (Lipinski definition) is 2. The molecule has 0 aliphatic carbocycles. The molecule has 0 amide bonds. The van der Waals surface area contributed by atoms with E-state index in [0.717, 1.165) is 25.8 Å². The van der Waals surface area contributed by atoms with E-state index in [1.807, 2.05) is 0 Å². The number of rotatable bonds is 4. The summed E-state index contributed by atoms with van der Waals surface area (Å²) in [7, 11) is 0. The maximum absolute atomic E-state index is 10.5. The van der Waals surface area contributed by atoms with Crippen molar-refractivity contribution in [3.63, 3.8) is 0 Å². The highest BCUT2D eigenvalue weighted by Crippen LogP contribution is 2.19. The first-order valence-corrected chi connectivity index (χ1v) is 4.22. The van der Waals surface area contributed by atoms with Crippen LogP contribution in [0.4, 0.5) is 0 Å². The van der Waals surface area contributed by atoms with Crippen LogP contribution < -0.4 is 5.32 Å². The molecule has 0 saturated carbocycles. The summed E-state index contributed by atoms with van der Waals surface area (Å²) in [5.74, 6) is -0.315. The van der Waals surface area contributed by atoms with Gasteiger partial charge in [0.25, 0.3) is 0 Å². The van der Waals surface area contributed by atoms with Crippen molar-refractivity contribution < 1.29 is 9.90 Å². The number of carboxylic acids is 1. The van der Waals surface area contributed by atoms with Gasteiger partial charge in [0, 0.05) is 6.54 Å². The molecule has 3 nitrogen and oxygen atoms in total. The Balaban J connectivity index is 2.20. The second-order valence-corrected chi connectivity index (χ2v) is 3.13. The Morgan fingerprint density at radius 1 is 1.73 bits per heavy atom. The predicted molar refractivity (Wildman–Crippen MR) is 42.4 cm³/mol. The van der Waals surface area contributed by atoms with Crippen molar-refractivity contribution in [1.82, 2.24) is 5.32 Å². The molecule has 1 rings (SSSR count). The lowest BCUT2D eigenvalue weighted by atomic mass is 9.87. The van der Waals surface area contributed by atoms with Crippen LogP contribution in [-0.2, 0) is 4.79 Å². The van der Waals surface area contributed by atoms with E-state index in [1.165, 1.54) is 0 Å². The minimum Gasteiger partial charge on any atom is -0.480 e. The molecule has 1 saturated heterocycles. The van der Waals surface area contributed by atoms with Crippen molar-refractivity contribution in [3.05, 3.63) is 0 Å². The molecule has 0 bridgehead atoms. The van der Waals surface area contributed by atoms with E-state index in [1.54, 1.807) is 0 Å². The molecule has 0 radical (unpaired) electrons. The van der Waals surface area contributed by atoms with Gasteiger partial charge in [-0.05, 0) is 12.3 Å². The van der Waals surface area contributed by atoms with Crippen LogP contribution in [0.15, 0.2) is 0 Å². The Morgan fingerprint density at radius 2 is 2.45 bits per heavy atom. The average Bonchev–Trinajstić information content (AvgIpc) is 1.84. The molecule has 1 aliphatic rings. The van der Waals surface area contributed by atoms with Gasteiger partial charge in [-0.1, -0.05) is 19.8 Å². The van der Waals surface area contributed by atoms with Crippen LogP contribution in [0.25, 0.3) is 0 Å². The second kappa shape index (κ2) is 3.72. The van der Waals surface area contributed by atoms with Gasteiger partial charge in [0.2, 0.25) is 0 Å². The number of nitrogens with one attached hydrogen (secondary N) is 1. The molecule has 1 heterocycles. The Labute approximate surface area is 66.8 Å². The van der Waals surface area contributed by atoms with Gasteiger partial charge >= 0.3 is 5.97 Å². The van der Waals surface area contributed by atoms with E-state index in [4.69, 9.17) is 5.11 Å². The maximum atomic E-state index is 10.5. The zero-order valence-corrected chi connectivity index (χ0v) is 6.84. The van der Waals surface area contributed by atoms with Crippen molar-refractivity contribution in [2.45, 2.75) is 32.2 Å². The van der Waals surface area contributed by atoms with Crippen LogP contribution in [0, 0.1) is 5.92 Å². The lowest BCUT2D eigenvalue weighted by Gasteiger charge is -2.34. The first-order valence-electron chi connectivity index (χ1n) is 4.22. The molecule has 1 aliphatic heterocycles. The average molecular weight is 157 g/mol. The summed E-state index contributed by atoms with van der Waals surface area (Å²) in [6.45, 7) is 3.01. The van der Waals surface area contributed by atoms with E-state index in [2.05, 4.69) is 12.2 Å². The zero-order valence-electron chi connectivity index (χ0n) is 6.84. The topological polar surface area (TPSA) is 49.3 Å². The normalized spacial score (nSPS) is 29.5. The van der Waals surface area contributed by atoms with Gasteiger partial charge in [-0.25, -0.2) is 0 Å². The van der Waals surface area contributed by atoms with E-state index >= 15 is 0 Å². The van der Waals surface area contributed by atoms with Gasteiger partial charge < -0.3 is 10.4 Å². The Kier molecular flexibility index (Phi) is 2.88. The smallest absolute Gasteiger partial charge is 0.321 e. The third-order valence-corrected chi connectivity index (χ3v) is 2.27. The molecule has 0 aromatic heterocycles. The predicted octanol–water partition coefficient (Wildman–Crippen LogP) is 0.849. The lowest BCUT2D eigenvalue weighted by molar-refractivity contribution is -0.143. The summed E-state index contributed by atoms with van der Waals surface area (Å²) in [5, 5.41) is 11.5. The molecule has 0 spiro atoms. The zero-order chi connectivity index (χ0) is 8.27. The van der Waals surface area contributed by atoms with Gasteiger partial charge in [0.15, 0.2) is 0 Å². The highest BCUT2D eigenvalue weighted by atomic mass is 16.4. The summed E-state index contributed by atoms with van der Waals surface area (Å²) < 4.78 is 0. The van der Waals surface area contributed by atoms with E-state index < -0.39 is 5.97 Å². The van der Waals surface area contributed by atoms with Gasteiger partial charge in [-0.3, -0.25) is 4.79 Å². The summed E-state index contributed by atoms with van der Waals surface area (Å²) in [5.41, 5.74) is 0. The molecule has 1 fully saturated rings. The quantitative estimate of drug-likeness (QED) is 0.636. The standard InChI is InChI=1S/C8H15NO2/c1-2-3-4-6-5-9-7(6)8(10)11/h6-7,9H,2-5H2,1H3,(H,10,11). The summed E-state index contributed by atoms with van der Waals surface area (Å²) in [4.78, 5) is 10.5. The number of carbonyl (C=O) groups is 1. The molecule has 64 valence electrons. The van der Waals surface area contributed by atoms with Gasteiger partial charge in [0.05, 0.1) is 0 Å².